The molecule has 0 saturated heterocycles. The minimum atomic E-state index is -0.393. The SMILES string of the molecule is CCN(C)C=Nc1cc(F)cc(Nc2cccc(F)c2)c1C. The maximum absolute atomic E-state index is 13.8. The summed E-state index contributed by atoms with van der Waals surface area (Å²) in [5.41, 5.74) is 2.47. The van der Waals surface area contributed by atoms with Gasteiger partial charge in [-0.25, -0.2) is 13.8 Å². The number of nitrogens with one attached hydrogen (secondary N) is 1. The molecular formula is C17H19F2N3. The maximum Gasteiger partial charge on any atom is 0.127 e. The van der Waals surface area contributed by atoms with Gasteiger partial charge in [0.2, 0.25) is 0 Å². The average molecular weight is 303 g/mol. The van der Waals surface area contributed by atoms with Crippen LogP contribution in [0.2, 0.25) is 0 Å². The topological polar surface area (TPSA) is 27.6 Å². The first-order chi connectivity index (χ1) is 10.5. The van der Waals surface area contributed by atoms with Crippen LogP contribution in [0.25, 0.3) is 0 Å². The van der Waals surface area contributed by atoms with Gasteiger partial charge in [-0.3, -0.25) is 0 Å². The zero-order valence-electron chi connectivity index (χ0n) is 12.9. The number of anilines is 2. The van der Waals surface area contributed by atoms with Gasteiger partial charge in [-0.1, -0.05) is 6.07 Å². The number of benzene rings is 2. The van der Waals surface area contributed by atoms with E-state index >= 15 is 0 Å². The normalized spacial score (nSPS) is 11.0. The van der Waals surface area contributed by atoms with E-state index < -0.39 is 5.82 Å². The molecule has 2 rings (SSSR count). The van der Waals surface area contributed by atoms with E-state index in [1.54, 1.807) is 18.5 Å². The fourth-order valence-corrected chi connectivity index (χ4v) is 1.89. The minimum Gasteiger partial charge on any atom is -0.366 e. The number of rotatable bonds is 5. The molecule has 3 nitrogen and oxygen atoms in total. The molecule has 2 aromatic rings. The zero-order chi connectivity index (χ0) is 16.1. The van der Waals surface area contributed by atoms with Gasteiger partial charge in [0.05, 0.1) is 12.0 Å². The van der Waals surface area contributed by atoms with Gasteiger partial charge >= 0.3 is 0 Å². The van der Waals surface area contributed by atoms with Crippen LogP contribution in [0.4, 0.5) is 25.8 Å². The summed E-state index contributed by atoms with van der Waals surface area (Å²) in [5.74, 6) is -0.738. The van der Waals surface area contributed by atoms with E-state index in [9.17, 15) is 8.78 Å². The van der Waals surface area contributed by atoms with E-state index in [1.807, 2.05) is 25.8 Å². The van der Waals surface area contributed by atoms with Crippen molar-refractivity contribution in [1.82, 2.24) is 4.90 Å². The van der Waals surface area contributed by atoms with Crippen LogP contribution in [0.1, 0.15) is 12.5 Å². The first-order valence-electron chi connectivity index (χ1n) is 7.06. The average Bonchev–Trinajstić information content (AvgIpc) is 2.48. The third kappa shape index (κ3) is 4.04. The van der Waals surface area contributed by atoms with Crippen LogP contribution in [-0.4, -0.2) is 24.8 Å². The summed E-state index contributed by atoms with van der Waals surface area (Å²) in [6.07, 6.45) is 1.66. The fraction of sp³-hybridized carbons (Fsp3) is 0.235. The van der Waals surface area contributed by atoms with E-state index in [0.717, 1.165) is 12.1 Å². The summed E-state index contributed by atoms with van der Waals surface area (Å²) < 4.78 is 27.0. The fourth-order valence-electron chi connectivity index (χ4n) is 1.89. The van der Waals surface area contributed by atoms with Gasteiger partial charge in [-0.05, 0) is 49.7 Å². The van der Waals surface area contributed by atoms with Crippen molar-refractivity contribution in [3.63, 3.8) is 0 Å². The van der Waals surface area contributed by atoms with Crippen LogP contribution in [0.15, 0.2) is 41.4 Å². The van der Waals surface area contributed by atoms with Crippen LogP contribution in [-0.2, 0) is 0 Å². The molecule has 0 atom stereocenters. The number of halogens is 2. The van der Waals surface area contributed by atoms with Gasteiger partial charge in [0.1, 0.15) is 11.6 Å². The number of hydrogen-bond acceptors (Lipinski definition) is 2. The highest BCUT2D eigenvalue weighted by molar-refractivity contribution is 5.72. The minimum absolute atomic E-state index is 0.345. The van der Waals surface area contributed by atoms with Crippen LogP contribution in [0.3, 0.4) is 0 Å². The Labute approximate surface area is 129 Å². The summed E-state index contributed by atoms with van der Waals surface area (Å²) in [6, 6.07) is 8.80. The summed E-state index contributed by atoms with van der Waals surface area (Å²) in [6.45, 7) is 4.66. The van der Waals surface area contributed by atoms with Crippen LogP contribution in [0.5, 0.6) is 0 Å². The molecule has 0 radical (unpaired) electrons. The second kappa shape index (κ2) is 7.02. The molecule has 5 heteroatoms. The Morgan fingerprint density at radius 1 is 1.18 bits per heavy atom. The molecule has 0 aromatic heterocycles. The highest BCUT2D eigenvalue weighted by atomic mass is 19.1. The lowest BCUT2D eigenvalue weighted by molar-refractivity contribution is 0.552. The molecule has 0 fully saturated rings. The monoisotopic (exact) mass is 303 g/mol. The molecule has 0 unspecified atom stereocenters. The Hall–Kier alpha value is -2.43. The Bertz CT molecular complexity index is 684. The predicted octanol–water partition coefficient (Wildman–Crippen LogP) is 4.63. The number of aliphatic imine (C=N–C) groups is 1. The third-order valence-corrected chi connectivity index (χ3v) is 3.34. The van der Waals surface area contributed by atoms with E-state index in [2.05, 4.69) is 10.3 Å². The summed E-state index contributed by atoms with van der Waals surface area (Å²) >= 11 is 0. The lowest BCUT2D eigenvalue weighted by Crippen LogP contribution is -2.14. The molecule has 22 heavy (non-hydrogen) atoms. The Morgan fingerprint density at radius 2 is 1.95 bits per heavy atom. The lowest BCUT2D eigenvalue weighted by atomic mass is 10.1. The van der Waals surface area contributed by atoms with Crippen molar-refractivity contribution in [3.8, 4) is 0 Å². The molecule has 0 aliphatic carbocycles. The first-order valence-corrected chi connectivity index (χ1v) is 7.06. The molecular weight excluding hydrogens is 284 g/mol. The van der Waals surface area contributed by atoms with Gasteiger partial charge < -0.3 is 10.2 Å². The molecule has 0 spiro atoms. The Balaban J connectivity index is 2.32. The lowest BCUT2D eigenvalue weighted by Gasteiger charge is -2.13. The standard InChI is InChI=1S/C17H19F2N3/c1-4-22(3)11-20-16-9-14(19)10-17(12(16)2)21-15-7-5-6-13(18)8-15/h5-11,21H,4H2,1-3H3. The van der Waals surface area contributed by atoms with E-state index in [0.29, 0.717) is 17.1 Å². The van der Waals surface area contributed by atoms with Crippen molar-refractivity contribution in [2.45, 2.75) is 13.8 Å². The van der Waals surface area contributed by atoms with Crippen molar-refractivity contribution in [1.29, 1.82) is 0 Å². The van der Waals surface area contributed by atoms with Gasteiger partial charge in [0.15, 0.2) is 0 Å². The van der Waals surface area contributed by atoms with Crippen LogP contribution in [0, 0.1) is 18.6 Å². The molecule has 1 N–H and O–H groups in total. The highest BCUT2D eigenvalue weighted by Gasteiger charge is 2.08. The quantitative estimate of drug-likeness (QED) is 0.644. The highest BCUT2D eigenvalue weighted by Crippen LogP contribution is 2.30. The molecule has 0 saturated carbocycles. The summed E-state index contributed by atoms with van der Waals surface area (Å²) in [4.78, 5) is 6.20. The largest absolute Gasteiger partial charge is 0.366 e. The number of nitrogens with zero attached hydrogens (tertiary/aromatic N) is 2. The molecule has 116 valence electrons. The van der Waals surface area contributed by atoms with E-state index in [1.165, 1.54) is 24.3 Å². The first kappa shape index (κ1) is 15.9. The van der Waals surface area contributed by atoms with Crippen LogP contribution < -0.4 is 5.32 Å². The molecule has 2 aromatic carbocycles. The Morgan fingerprint density at radius 3 is 2.64 bits per heavy atom. The number of hydrogen-bond donors (Lipinski definition) is 1. The molecule has 0 bridgehead atoms. The predicted molar refractivity (Wildman–Crippen MR) is 87.3 cm³/mol. The third-order valence-electron chi connectivity index (χ3n) is 3.34. The van der Waals surface area contributed by atoms with E-state index in [4.69, 9.17) is 0 Å². The smallest absolute Gasteiger partial charge is 0.127 e. The maximum atomic E-state index is 13.8. The van der Waals surface area contributed by atoms with Gasteiger partial charge in [0, 0.05) is 25.0 Å². The summed E-state index contributed by atoms with van der Waals surface area (Å²) in [5, 5.41) is 3.03. The zero-order valence-corrected chi connectivity index (χ0v) is 12.9. The molecule has 0 heterocycles. The van der Waals surface area contributed by atoms with Crippen molar-refractivity contribution in [2.75, 3.05) is 18.9 Å². The second-order valence-corrected chi connectivity index (χ2v) is 5.05. The van der Waals surface area contributed by atoms with Crippen molar-refractivity contribution >= 4 is 23.4 Å². The van der Waals surface area contributed by atoms with Gasteiger partial charge in [-0.2, -0.15) is 0 Å². The van der Waals surface area contributed by atoms with Crippen molar-refractivity contribution in [2.24, 2.45) is 4.99 Å². The van der Waals surface area contributed by atoms with Crippen molar-refractivity contribution < 1.29 is 8.78 Å². The van der Waals surface area contributed by atoms with Crippen molar-refractivity contribution in [3.05, 3.63) is 53.6 Å². The van der Waals surface area contributed by atoms with Gasteiger partial charge in [-0.15, -0.1) is 0 Å². The van der Waals surface area contributed by atoms with Crippen LogP contribution >= 0.6 is 0 Å². The van der Waals surface area contributed by atoms with E-state index in [-0.39, 0.29) is 5.82 Å². The second-order valence-electron chi connectivity index (χ2n) is 5.05. The summed E-state index contributed by atoms with van der Waals surface area (Å²) in [7, 11) is 1.89. The molecule has 0 aliphatic rings. The molecule has 0 aliphatic heterocycles. The molecule has 0 amide bonds. The van der Waals surface area contributed by atoms with Gasteiger partial charge in [0.25, 0.3) is 0 Å². The Kier molecular flexibility index (Phi) is 5.09.